The van der Waals surface area contributed by atoms with E-state index >= 15 is 0 Å². The summed E-state index contributed by atoms with van der Waals surface area (Å²) in [5, 5.41) is 0. The highest BCUT2D eigenvalue weighted by atomic mass is 19.1. The lowest BCUT2D eigenvalue weighted by atomic mass is 9.96. The second-order valence-electron chi connectivity index (χ2n) is 4.23. The molecule has 1 aromatic rings. The molecule has 0 heterocycles. The van der Waals surface area contributed by atoms with Crippen LogP contribution >= 0.6 is 0 Å². The molecule has 2 rings (SSSR count). The molecule has 0 radical (unpaired) electrons. The number of methoxy groups -OCH3 is 1. The first-order chi connectivity index (χ1) is 7.07. The van der Waals surface area contributed by atoms with Gasteiger partial charge in [-0.2, -0.15) is 0 Å². The minimum absolute atomic E-state index is 0.0150. The van der Waals surface area contributed by atoms with Gasteiger partial charge >= 0.3 is 0 Å². The molecule has 1 fully saturated rings. The van der Waals surface area contributed by atoms with Crippen LogP contribution in [-0.2, 0) is 0 Å². The average molecular weight is 208 g/mol. The minimum Gasteiger partial charge on any atom is -0.496 e. The lowest BCUT2D eigenvalue weighted by Gasteiger charge is -2.11. The second kappa shape index (κ2) is 3.33. The smallest absolute Gasteiger partial charge is 0.172 e. The molecule has 2 nitrogen and oxygen atoms in total. The monoisotopic (exact) mass is 208 g/mol. The van der Waals surface area contributed by atoms with E-state index < -0.39 is 5.82 Å². The zero-order valence-electron chi connectivity index (χ0n) is 8.84. The van der Waals surface area contributed by atoms with Gasteiger partial charge in [-0.15, -0.1) is 0 Å². The molecule has 1 aliphatic carbocycles. The summed E-state index contributed by atoms with van der Waals surface area (Å²) in [4.78, 5) is 12.0. The number of hydrogen-bond donors (Lipinski definition) is 0. The minimum atomic E-state index is -0.400. The van der Waals surface area contributed by atoms with E-state index in [1.165, 1.54) is 25.3 Å². The lowest BCUT2D eigenvalue weighted by Crippen LogP contribution is -2.13. The molecule has 0 aliphatic heterocycles. The van der Waals surface area contributed by atoms with Gasteiger partial charge in [0.05, 0.1) is 12.7 Å². The van der Waals surface area contributed by atoms with E-state index in [1.54, 1.807) is 0 Å². The van der Waals surface area contributed by atoms with Crippen LogP contribution in [0.5, 0.6) is 5.75 Å². The van der Waals surface area contributed by atoms with Gasteiger partial charge in [0, 0.05) is 5.41 Å². The number of carbonyl (C=O) groups excluding carboxylic acids is 1. The fourth-order valence-corrected chi connectivity index (χ4v) is 1.60. The molecule has 3 heteroatoms. The van der Waals surface area contributed by atoms with Gasteiger partial charge in [0.2, 0.25) is 0 Å². The standard InChI is InChI=1S/C12H13FO2/c1-12(5-6-12)11(14)9-7-8(13)3-4-10(9)15-2/h3-4,7H,5-6H2,1-2H3. The number of ether oxygens (including phenoxy) is 1. The van der Waals surface area contributed by atoms with Gasteiger partial charge in [-0.3, -0.25) is 4.79 Å². The number of carbonyl (C=O) groups is 1. The summed E-state index contributed by atoms with van der Waals surface area (Å²) in [5.74, 6) is 0.0387. The van der Waals surface area contributed by atoms with E-state index in [0.717, 1.165) is 12.8 Å². The third kappa shape index (κ3) is 1.74. The summed E-state index contributed by atoms with van der Waals surface area (Å²) in [6.45, 7) is 1.90. The zero-order chi connectivity index (χ0) is 11.1. The topological polar surface area (TPSA) is 26.3 Å². The molecular formula is C12H13FO2. The molecule has 15 heavy (non-hydrogen) atoms. The summed E-state index contributed by atoms with van der Waals surface area (Å²) < 4.78 is 18.1. The second-order valence-corrected chi connectivity index (χ2v) is 4.23. The number of benzene rings is 1. The third-order valence-electron chi connectivity index (χ3n) is 2.95. The normalized spacial score (nSPS) is 17.3. The van der Waals surface area contributed by atoms with E-state index in [9.17, 15) is 9.18 Å². The lowest BCUT2D eigenvalue weighted by molar-refractivity contribution is 0.0909. The van der Waals surface area contributed by atoms with E-state index in [1.807, 2.05) is 6.92 Å². The molecule has 1 aromatic carbocycles. The Morgan fingerprint density at radius 2 is 2.13 bits per heavy atom. The van der Waals surface area contributed by atoms with E-state index in [0.29, 0.717) is 11.3 Å². The fraction of sp³-hybridized carbons (Fsp3) is 0.417. The maximum absolute atomic E-state index is 13.0. The largest absolute Gasteiger partial charge is 0.496 e. The van der Waals surface area contributed by atoms with Gasteiger partial charge in [-0.1, -0.05) is 6.92 Å². The Balaban J connectivity index is 2.41. The summed E-state index contributed by atoms with van der Waals surface area (Å²) >= 11 is 0. The third-order valence-corrected chi connectivity index (χ3v) is 2.95. The van der Waals surface area contributed by atoms with Gasteiger partial charge < -0.3 is 4.74 Å². The van der Waals surface area contributed by atoms with Crippen LogP contribution in [0.4, 0.5) is 4.39 Å². The Kier molecular flexibility index (Phi) is 2.25. The van der Waals surface area contributed by atoms with Gasteiger partial charge in [0.25, 0.3) is 0 Å². The highest BCUT2D eigenvalue weighted by molar-refractivity contribution is 6.04. The maximum Gasteiger partial charge on any atom is 0.172 e. The van der Waals surface area contributed by atoms with Crippen LogP contribution in [0.1, 0.15) is 30.1 Å². The average Bonchev–Trinajstić information content (AvgIpc) is 2.96. The molecule has 0 aromatic heterocycles. The fourth-order valence-electron chi connectivity index (χ4n) is 1.60. The SMILES string of the molecule is COc1ccc(F)cc1C(=O)C1(C)CC1. The van der Waals surface area contributed by atoms with Gasteiger partial charge in [0.1, 0.15) is 11.6 Å². The first-order valence-corrected chi connectivity index (χ1v) is 4.95. The first kappa shape index (κ1) is 10.1. The van der Waals surface area contributed by atoms with E-state index in [4.69, 9.17) is 4.74 Å². The molecular weight excluding hydrogens is 195 g/mol. The maximum atomic E-state index is 13.0. The number of ketones is 1. The summed E-state index contributed by atoms with van der Waals surface area (Å²) in [7, 11) is 1.49. The van der Waals surface area contributed by atoms with Crippen LogP contribution in [0, 0.1) is 11.2 Å². The van der Waals surface area contributed by atoms with Crippen molar-refractivity contribution in [3.05, 3.63) is 29.6 Å². The zero-order valence-corrected chi connectivity index (χ0v) is 8.84. The van der Waals surface area contributed by atoms with Gasteiger partial charge in [0.15, 0.2) is 5.78 Å². The highest BCUT2D eigenvalue weighted by Crippen LogP contribution is 2.48. The quantitative estimate of drug-likeness (QED) is 0.714. The summed E-state index contributed by atoms with van der Waals surface area (Å²) in [6.07, 6.45) is 1.76. The Hall–Kier alpha value is -1.38. The van der Waals surface area contributed by atoms with Crippen LogP contribution < -0.4 is 4.74 Å². The molecule has 0 atom stereocenters. The Bertz CT molecular complexity index is 408. The van der Waals surface area contributed by atoms with Gasteiger partial charge in [-0.25, -0.2) is 4.39 Å². The van der Waals surface area contributed by atoms with Crippen molar-refractivity contribution in [2.75, 3.05) is 7.11 Å². The van der Waals surface area contributed by atoms with Crippen LogP contribution in [0.3, 0.4) is 0 Å². The van der Waals surface area contributed by atoms with Crippen molar-refractivity contribution >= 4 is 5.78 Å². The van der Waals surface area contributed by atoms with Crippen molar-refractivity contribution in [3.8, 4) is 5.75 Å². The Morgan fingerprint density at radius 1 is 1.47 bits per heavy atom. The molecule has 0 amide bonds. The molecule has 0 spiro atoms. The molecule has 0 unspecified atom stereocenters. The molecule has 0 saturated heterocycles. The predicted molar refractivity (Wildman–Crippen MR) is 54.6 cm³/mol. The summed E-state index contributed by atoms with van der Waals surface area (Å²) in [6, 6.07) is 4.05. The van der Waals surface area contributed by atoms with Crippen LogP contribution in [0.15, 0.2) is 18.2 Å². The number of hydrogen-bond acceptors (Lipinski definition) is 2. The Labute approximate surface area is 88.1 Å². The molecule has 0 N–H and O–H groups in total. The predicted octanol–water partition coefficient (Wildman–Crippen LogP) is 2.82. The van der Waals surface area contributed by atoms with Crippen molar-refractivity contribution < 1.29 is 13.9 Å². The van der Waals surface area contributed by atoms with Crippen molar-refractivity contribution in [2.45, 2.75) is 19.8 Å². The van der Waals surface area contributed by atoms with Crippen LogP contribution in [-0.4, -0.2) is 12.9 Å². The van der Waals surface area contributed by atoms with E-state index in [2.05, 4.69) is 0 Å². The van der Waals surface area contributed by atoms with Crippen molar-refractivity contribution in [2.24, 2.45) is 5.41 Å². The van der Waals surface area contributed by atoms with Gasteiger partial charge in [-0.05, 0) is 31.0 Å². The van der Waals surface area contributed by atoms with Crippen molar-refractivity contribution in [1.29, 1.82) is 0 Å². The molecule has 1 aliphatic rings. The van der Waals surface area contributed by atoms with Crippen LogP contribution in [0.2, 0.25) is 0 Å². The number of halogens is 1. The van der Waals surface area contributed by atoms with Crippen molar-refractivity contribution in [1.82, 2.24) is 0 Å². The molecule has 1 saturated carbocycles. The molecule has 80 valence electrons. The summed E-state index contributed by atoms with van der Waals surface area (Å²) in [5.41, 5.74) is 0.0682. The highest BCUT2D eigenvalue weighted by Gasteiger charge is 2.45. The Morgan fingerprint density at radius 3 is 2.67 bits per heavy atom. The van der Waals surface area contributed by atoms with E-state index in [-0.39, 0.29) is 11.2 Å². The van der Waals surface area contributed by atoms with Crippen molar-refractivity contribution in [3.63, 3.8) is 0 Å². The molecule has 0 bridgehead atoms. The first-order valence-electron chi connectivity index (χ1n) is 4.95. The van der Waals surface area contributed by atoms with Crippen LogP contribution in [0.25, 0.3) is 0 Å². The number of rotatable bonds is 3. The number of Topliss-reactive ketones (excluding diaryl/α,β-unsaturated/α-hetero) is 1.